The number of aromatic nitrogens is 4. The number of hydrogen-bond acceptors (Lipinski definition) is 4. The third-order valence-corrected chi connectivity index (χ3v) is 5.11. The monoisotopic (exact) mass is 417 g/mol. The predicted octanol–water partition coefficient (Wildman–Crippen LogP) is 1.57. The normalized spacial score (nSPS) is 11.0. The van der Waals surface area contributed by atoms with Crippen molar-refractivity contribution in [2.75, 3.05) is 0 Å². The van der Waals surface area contributed by atoms with Crippen LogP contribution in [0.5, 0.6) is 0 Å². The Hall–Kier alpha value is -3.94. The lowest BCUT2D eigenvalue weighted by Gasteiger charge is -2.12. The average molecular weight is 417 g/mol. The van der Waals surface area contributed by atoms with E-state index in [1.165, 1.54) is 9.25 Å². The highest BCUT2D eigenvalue weighted by Gasteiger charge is 2.18. The van der Waals surface area contributed by atoms with Crippen LogP contribution in [0.25, 0.3) is 11.0 Å². The SMILES string of the molecule is Cc1ccc(CNC(=O)Cn2c(=O)n(Cc3ccccc3)c(=O)c3nn(C)cc32)cc1. The third-order valence-electron chi connectivity index (χ3n) is 5.11. The zero-order valence-electron chi connectivity index (χ0n) is 17.4. The van der Waals surface area contributed by atoms with Gasteiger partial charge >= 0.3 is 5.69 Å². The molecule has 0 radical (unpaired) electrons. The van der Waals surface area contributed by atoms with E-state index in [0.29, 0.717) is 12.1 Å². The molecule has 0 saturated heterocycles. The Morgan fingerprint density at radius 2 is 1.68 bits per heavy atom. The lowest BCUT2D eigenvalue weighted by Crippen LogP contribution is -2.42. The molecule has 4 aromatic rings. The number of nitrogens with one attached hydrogen (secondary N) is 1. The van der Waals surface area contributed by atoms with Crippen molar-refractivity contribution < 1.29 is 4.79 Å². The van der Waals surface area contributed by atoms with E-state index in [1.807, 2.05) is 61.5 Å². The van der Waals surface area contributed by atoms with Gasteiger partial charge in [-0.15, -0.1) is 0 Å². The molecule has 0 fully saturated rings. The van der Waals surface area contributed by atoms with Crippen LogP contribution in [0, 0.1) is 6.92 Å². The number of carbonyl (C=O) groups excluding carboxylic acids is 1. The Balaban J connectivity index is 1.66. The van der Waals surface area contributed by atoms with E-state index in [9.17, 15) is 14.4 Å². The molecule has 0 unspecified atom stereocenters. The van der Waals surface area contributed by atoms with Crippen LogP contribution in [-0.4, -0.2) is 24.8 Å². The van der Waals surface area contributed by atoms with E-state index in [0.717, 1.165) is 21.3 Å². The van der Waals surface area contributed by atoms with Crippen LogP contribution in [0.3, 0.4) is 0 Å². The van der Waals surface area contributed by atoms with E-state index in [1.54, 1.807) is 13.2 Å². The summed E-state index contributed by atoms with van der Waals surface area (Å²) >= 11 is 0. The van der Waals surface area contributed by atoms with Crippen molar-refractivity contribution in [2.45, 2.75) is 26.6 Å². The molecule has 0 aliphatic heterocycles. The average Bonchev–Trinajstić information content (AvgIpc) is 3.16. The molecule has 8 nitrogen and oxygen atoms in total. The predicted molar refractivity (Wildman–Crippen MR) is 118 cm³/mol. The Morgan fingerprint density at radius 1 is 0.968 bits per heavy atom. The molecule has 0 aliphatic rings. The van der Waals surface area contributed by atoms with Gasteiger partial charge in [0.25, 0.3) is 5.56 Å². The number of benzene rings is 2. The van der Waals surface area contributed by atoms with Crippen molar-refractivity contribution in [1.82, 2.24) is 24.2 Å². The minimum atomic E-state index is -0.542. The van der Waals surface area contributed by atoms with Crippen LogP contribution in [0.1, 0.15) is 16.7 Å². The topological polar surface area (TPSA) is 90.9 Å². The highest BCUT2D eigenvalue weighted by atomic mass is 16.2. The van der Waals surface area contributed by atoms with E-state index < -0.39 is 11.2 Å². The summed E-state index contributed by atoms with van der Waals surface area (Å²) in [6, 6.07) is 17.1. The number of nitrogens with zero attached hydrogens (tertiary/aromatic N) is 4. The van der Waals surface area contributed by atoms with Crippen molar-refractivity contribution in [3.8, 4) is 0 Å². The second-order valence-corrected chi connectivity index (χ2v) is 7.54. The highest BCUT2D eigenvalue weighted by molar-refractivity contribution is 5.79. The lowest BCUT2D eigenvalue weighted by molar-refractivity contribution is -0.121. The van der Waals surface area contributed by atoms with Crippen molar-refractivity contribution in [1.29, 1.82) is 0 Å². The van der Waals surface area contributed by atoms with Crippen LogP contribution >= 0.6 is 0 Å². The molecule has 0 spiro atoms. The Morgan fingerprint density at radius 3 is 2.39 bits per heavy atom. The molecule has 4 rings (SSSR count). The second-order valence-electron chi connectivity index (χ2n) is 7.54. The molecular weight excluding hydrogens is 394 g/mol. The van der Waals surface area contributed by atoms with Crippen LogP contribution < -0.4 is 16.6 Å². The van der Waals surface area contributed by atoms with Gasteiger partial charge in [0.05, 0.1) is 12.1 Å². The summed E-state index contributed by atoms with van der Waals surface area (Å²) in [7, 11) is 1.67. The maximum atomic E-state index is 13.2. The van der Waals surface area contributed by atoms with Crippen molar-refractivity contribution in [3.63, 3.8) is 0 Å². The zero-order chi connectivity index (χ0) is 22.0. The minimum Gasteiger partial charge on any atom is -0.350 e. The van der Waals surface area contributed by atoms with Crippen LogP contribution in [0.4, 0.5) is 0 Å². The Kier molecular flexibility index (Phi) is 5.53. The maximum absolute atomic E-state index is 13.2. The standard InChI is InChI=1S/C23H23N5O3/c1-16-8-10-17(11-9-16)12-24-20(29)15-27-19-14-26(2)25-21(19)22(30)28(23(27)31)13-18-6-4-3-5-7-18/h3-11,14H,12-13,15H2,1-2H3,(H,24,29). The fraction of sp³-hybridized carbons (Fsp3) is 0.217. The molecule has 8 heteroatoms. The van der Waals surface area contributed by atoms with Crippen LogP contribution in [0.2, 0.25) is 0 Å². The first-order valence-corrected chi connectivity index (χ1v) is 9.95. The van der Waals surface area contributed by atoms with Gasteiger partial charge in [-0.3, -0.25) is 23.4 Å². The summed E-state index contributed by atoms with van der Waals surface area (Å²) < 4.78 is 3.90. The van der Waals surface area contributed by atoms with E-state index in [-0.39, 0.29) is 24.5 Å². The molecular formula is C23H23N5O3. The van der Waals surface area contributed by atoms with Gasteiger partial charge in [0.15, 0.2) is 5.52 Å². The molecule has 2 aromatic heterocycles. The smallest absolute Gasteiger partial charge is 0.332 e. The minimum absolute atomic E-state index is 0.107. The molecule has 0 aliphatic carbocycles. The van der Waals surface area contributed by atoms with Crippen molar-refractivity contribution in [2.24, 2.45) is 7.05 Å². The zero-order valence-corrected chi connectivity index (χ0v) is 17.4. The first-order valence-electron chi connectivity index (χ1n) is 9.95. The fourth-order valence-corrected chi connectivity index (χ4v) is 3.45. The Bertz CT molecular complexity index is 1350. The Labute approximate surface area is 178 Å². The summed E-state index contributed by atoms with van der Waals surface area (Å²) in [6.45, 7) is 2.25. The van der Waals surface area contributed by atoms with Gasteiger partial charge in [-0.05, 0) is 18.1 Å². The van der Waals surface area contributed by atoms with Gasteiger partial charge in [-0.2, -0.15) is 5.10 Å². The molecule has 2 heterocycles. The van der Waals surface area contributed by atoms with Crippen LogP contribution in [-0.2, 0) is 31.5 Å². The van der Waals surface area contributed by atoms with Gasteiger partial charge in [0.1, 0.15) is 6.54 Å². The van der Waals surface area contributed by atoms with Gasteiger partial charge in [0.2, 0.25) is 5.91 Å². The van der Waals surface area contributed by atoms with Gasteiger partial charge < -0.3 is 5.32 Å². The van der Waals surface area contributed by atoms with E-state index >= 15 is 0 Å². The summed E-state index contributed by atoms with van der Waals surface area (Å²) in [6.07, 6.45) is 1.58. The number of carbonyl (C=O) groups is 1. The molecule has 0 atom stereocenters. The quantitative estimate of drug-likeness (QED) is 0.516. The van der Waals surface area contributed by atoms with Gasteiger partial charge in [-0.1, -0.05) is 60.2 Å². The first kappa shape index (κ1) is 20.3. The largest absolute Gasteiger partial charge is 0.350 e. The summed E-state index contributed by atoms with van der Waals surface area (Å²) in [5.74, 6) is -0.322. The van der Waals surface area contributed by atoms with E-state index in [2.05, 4.69) is 10.4 Å². The number of hydrogen-bond donors (Lipinski definition) is 1. The summed E-state index contributed by atoms with van der Waals surface area (Å²) in [4.78, 5) is 38.7. The third kappa shape index (κ3) is 4.32. The van der Waals surface area contributed by atoms with Gasteiger partial charge in [-0.25, -0.2) is 4.79 Å². The molecule has 1 N–H and O–H groups in total. The molecule has 2 aromatic carbocycles. The molecule has 0 saturated carbocycles. The van der Waals surface area contributed by atoms with E-state index in [4.69, 9.17) is 0 Å². The number of fused-ring (bicyclic) bond motifs is 1. The van der Waals surface area contributed by atoms with Gasteiger partial charge in [0, 0.05) is 19.8 Å². The molecule has 158 valence electrons. The number of aryl methyl sites for hydroxylation is 2. The van der Waals surface area contributed by atoms with Crippen molar-refractivity contribution in [3.05, 3.63) is 98.3 Å². The summed E-state index contributed by atoms with van der Waals surface area (Å²) in [5, 5.41) is 7.05. The van der Waals surface area contributed by atoms with Crippen LogP contribution in [0.15, 0.2) is 70.4 Å². The highest BCUT2D eigenvalue weighted by Crippen LogP contribution is 2.07. The molecule has 31 heavy (non-hydrogen) atoms. The lowest BCUT2D eigenvalue weighted by atomic mass is 10.1. The maximum Gasteiger partial charge on any atom is 0.332 e. The second kappa shape index (κ2) is 8.43. The fourth-order valence-electron chi connectivity index (χ4n) is 3.45. The van der Waals surface area contributed by atoms with Crippen molar-refractivity contribution >= 4 is 16.9 Å². The number of amides is 1. The molecule has 1 amide bonds. The number of rotatable bonds is 6. The molecule has 0 bridgehead atoms. The summed E-state index contributed by atoms with van der Waals surface area (Å²) in [5.41, 5.74) is 2.40. The first-order chi connectivity index (χ1) is 14.9.